The van der Waals surface area contributed by atoms with E-state index in [1.54, 1.807) is 0 Å². The van der Waals surface area contributed by atoms with Gasteiger partial charge in [0.1, 0.15) is 15.1 Å². The molecule has 0 aromatic carbocycles. The van der Waals surface area contributed by atoms with Crippen molar-refractivity contribution in [2.75, 3.05) is 0 Å². The molecule has 1 nitrogen and oxygen atoms in total. The molecule has 0 saturated carbocycles. The van der Waals surface area contributed by atoms with Crippen molar-refractivity contribution in [1.82, 2.24) is 0 Å². The van der Waals surface area contributed by atoms with Crippen molar-refractivity contribution in [1.29, 1.82) is 5.16 Å². The van der Waals surface area contributed by atoms with E-state index >= 15 is 0 Å². The average molecular weight is 131 g/mol. The lowest BCUT2D eigenvalue weighted by atomic mass is 10.7. The van der Waals surface area contributed by atoms with Crippen LogP contribution < -0.4 is 0 Å². The fourth-order valence-corrected chi connectivity index (χ4v) is 0. The Hall–Kier alpha value is 0.380. The molecule has 4 radical (unpaired) electrons. The van der Waals surface area contributed by atoms with Gasteiger partial charge in [0.2, 0.25) is 0 Å². The van der Waals surface area contributed by atoms with Gasteiger partial charge in [-0.1, -0.05) is 6.81 Å². The van der Waals surface area contributed by atoms with Crippen LogP contribution in [0.1, 0.15) is 0 Å². The van der Waals surface area contributed by atoms with Crippen molar-refractivity contribution in [2.45, 2.75) is 0 Å². The van der Waals surface area contributed by atoms with Crippen LogP contribution in [0.2, 0.25) is 0 Å². The fraction of sp³-hybridized carbons (Fsp3) is 0. The number of hydrogen-bond acceptors (Lipinski definition) is 2. The van der Waals surface area contributed by atoms with Crippen LogP contribution in [0.15, 0.2) is 0 Å². The summed E-state index contributed by atoms with van der Waals surface area (Å²) < 4.78 is 11.6. The first-order valence-electron chi connectivity index (χ1n) is 1.36. The molecule has 0 rings (SSSR count). The van der Waals surface area contributed by atoms with E-state index in [0.29, 0.717) is 0 Å². The summed E-state index contributed by atoms with van der Waals surface area (Å²) in [5.41, 5.74) is 0. The molecule has 7 heavy (non-hydrogen) atoms. The molecule has 0 spiro atoms. The second-order valence-corrected chi connectivity index (χ2v) is 3.64. The van der Waals surface area contributed by atoms with Gasteiger partial charge in [0.15, 0.2) is 4.86 Å². The summed E-state index contributed by atoms with van der Waals surface area (Å²) in [6.45, 7) is -3.17. The Morgan fingerprint density at radius 3 is 1.86 bits per heavy atom. The summed E-state index contributed by atoms with van der Waals surface area (Å²) in [5.74, 6) is 0. The predicted molar refractivity (Wildman–Crippen MR) is 34.9 cm³/mol. The average Bonchev–Trinajstić information content (AvgIpc) is 1.31. The lowest BCUT2D eigenvalue weighted by Gasteiger charge is -2.01. The van der Waals surface area contributed by atoms with Crippen LogP contribution in [0, 0.1) is 5.16 Å². The zero-order chi connectivity index (χ0) is 6.08. The Balaban J connectivity index is 4.09. The van der Waals surface area contributed by atoms with Crippen molar-refractivity contribution in [3.05, 3.63) is 0 Å². The molecule has 0 aromatic heterocycles. The van der Waals surface area contributed by atoms with Crippen molar-refractivity contribution in [2.24, 2.45) is 0 Å². The van der Waals surface area contributed by atoms with E-state index in [4.69, 9.17) is 20.3 Å². The maximum Gasteiger partial charge on any atom is 0.181 e. The van der Waals surface area contributed by atoms with Crippen LogP contribution in [-0.2, 0) is 0 Å². The van der Waals surface area contributed by atoms with Gasteiger partial charge in [-0.3, -0.25) is 0 Å². The van der Waals surface area contributed by atoms with Crippen LogP contribution in [-0.4, -0.2) is 20.0 Å². The summed E-state index contributed by atoms with van der Waals surface area (Å²) in [5, 5.41) is 6.54. The third-order valence-corrected chi connectivity index (χ3v) is 1.78. The molecule has 34 valence electrons. The van der Waals surface area contributed by atoms with Gasteiger partial charge in [-0.25, -0.2) is 0 Å². The Bertz CT molecular complexity index is 130. The molecule has 0 unspecified atom stereocenters. The molecule has 6 heteroatoms. The van der Waals surface area contributed by atoms with Crippen LogP contribution in [0.3, 0.4) is 0 Å². The minimum Gasteiger partial charge on any atom is -0.331 e. The summed E-state index contributed by atoms with van der Waals surface area (Å²) >= 11 is 3.88. The largest absolute Gasteiger partial charge is 0.331 e. The molecule has 0 atom stereocenters. The maximum absolute atomic E-state index is 11.6. The number of thiocarbonyl (C=S) groups is 1. The van der Waals surface area contributed by atoms with E-state index < -0.39 is 11.7 Å². The van der Waals surface area contributed by atoms with E-state index in [1.807, 2.05) is 0 Å². The Kier molecular flexibility index (Phi) is 2.21. The van der Waals surface area contributed by atoms with Crippen LogP contribution in [0.25, 0.3) is 0 Å². The minimum atomic E-state index is -3.17. The van der Waals surface area contributed by atoms with Crippen molar-refractivity contribution in [3.8, 4) is 0 Å². The highest BCUT2D eigenvalue weighted by molar-refractivity contribution is 8.24. The van der Waals surface area contributed by atoms with Crippen molar-refractivity contribution >= 4 is 39.0 Å². The van der Waals surface area contributed by atoms with Crippen molar-refractivity contribution in [3.63, 3.8) is 0 Å². The standard InChI is InChI=1S/CHB2FNPS/c2-6(3,5)1(4)7/h5H. The Morgan fingerprint density at radius 1 is 1.71 bits per heavy atom. The second kappa shape index (κ2) is 2.10. The van der Waals surface area contributed by atoms with Gasteiger partial charge in [0.05, 0.1) is 0 Å². The molecule has 0 bridgehead atoms. The van der Waals surface area contributed by atoms with E-state index in [0.717, 1.165) is 0 Å². The molecule has 0 fully saturated rings. The molecule has 0 amide bonds. The first-order chi connectivity index (χ1) is 2.94. The Labute approximate surface area is 49.3 Å². The van der Waals surface area contributed by atoms with E-state index in [-0.39, 0.29) is 0 Å². The molecule has 0 saturated heterocycles. The molecule has 0 heterocycles. The highest BCUT2D eigenvalue weighted by Gasteiger charge is 2.05. The number of rotatable bonds is 1. The number of halogens is 1. The van der Waals surface area contributed by atoms with E-state index in [1.165, 1.54) is 0 Å². The van der Waals surface area contributed by atoms with Gasteiger partial charge in [-0.15, -0.1) is 0 Å². The third-order valence-electron chi connectivity index (χ3n) is 0.291. The molecule has 0 aliphatic rings. The van der Waals surface area contributed by atoms with Crippen LogP contribution in [0.4, 0.5) is 4.39 Å². The normalized spacial score (nSPS) is 11.0. The molecular weight excluding hydrogens is 130 g/mol. The van der Waals surface area contributed by atoms with Gasteiger partial charge < -0.3 is 5.16 Å². The van der Waals surface area contributed by atoms with E-state index in [2.05, 4.69) is 12.2 Å². The van der Waals surface area contributed by atoms with Gasteiger partial charge in [-0.05, 0) is 12.2 Å². The first kappa shape index (κ1) is 7.38. The van der Waals surface area contributed by atoms with Crippen LogP contribution in [0.5, 0.6) is 0 Å². The van der Waals surface area contributed by atoms with Gasteiger partial charge in [0.25, 0.3) is 0 Å². The fourth-order valence-electron chi connectivity index (χ4n) is 0. The highest BCUT2D eigenvalue weighted by atomic mass is 32.1. The van der Waals surface area contributed by atoms with Gasteiger partial charge in [0, 0.05) is 0 Å². The predicted octanol–water partition coefficient (Wildman–Crippen LogP) is 1.19. The number of nitrogens with one attached hydrogen (secondary N) is 1. The molecule has 1 N–H and O–H groups in total. The first-order valence-corrected chi connectivity index (χ1v) is 3.69. The van der Waals surface area contributed by atoms with Crippen molar-refractivity contribution < 1.29 is 4.39 Å². The minimum absolute atomic E-state index is 1.09. The lowest BCUT2D eigenvalue weighted by molar-refractivity contribution is 0.851. The Morgan fingerprint density at radius 2 is 1.86 bits per heavy atom. The van der Waals surface area contributed by atoms with Crippen LogP contribution >= 0.6 is 19.0 Å². The molecule has 0 aliphatic carbocycles. The second-order valence-electron chi connectivity index (χ2n) is 1.03. The zero-order valence-electron chi connectivity index (χ0n) is 3.39. The number of hydrogen-bond donors (Lipinski definition) is 1. The topological polar surface area (TPSA) is 23.9 Å². The van der Waals surface area contributed by atoms with Gasteiger partial charge in [-0.2, -0.15) is 4.39 Å². The molecule has 0 aliphatic heterocycles. The summed E-state index contributed by atoms with van der Waals surface area (Å²) in [7, 11) is 9.44. The lowest BCUT2D eigenvalue weighted by Crippen LogP contribution is -1.84. The smallest absolute Gasteiger partial charge is 0.181 e. The van der Waals surface area contributed by atoms with E-state index in [9.17, 15) is 4.39 Å². The molecule has 0 aromatic rings. The summed E-state index contributed by atoms with van der Waals surface area (Å²) in [6, 6.07) is 0. The zero-order valence-corrected chi connectivity index (χ0v) is 5.10. The summed E-state index contributed by atoms with van der Waals surface area (Å²) in [6.07, 6.45) is 0. The maximum atomic E-state index is 11.6. The van der Waals surface area contributed by atoms with Gasteiger partial charge >= 0.3 is 0 Å². The summed E-state index contributed by atoms with van der Waals surface area (Å²) in [4.78, 5) is -1.09. The SMILES string of the molecule is [B]P([B])(=N)C(F)=S. The third kappa shape index (κ3) is 3.01. The molecular formula is CHB2FNPS. The highest BCUT2D eigenvalue weighted by Crippen LogP contribution is 2.36. The quantitative estimate of drug-likeness (QED) is 0.245. The monoisotopic (exact) mass is 131 g/mol.